The van der Waals surface area contributed by atoms with Gasteiger partial charge in [-0.05, 0) is 34.7 Å². The minimum Gasteiger partial charge on any atom is -0.481 e. The Morgan fingerprint density at radius 1 is 0.935 bits per heavy atom. The van der Waals surface area contributed by atoms with Gasteiger partial charge in [0.25, 0.3) is 0 Å². The van der Waals surface area contributed by atoms with Crippen molar-refractivity contribution in [3.63, 3.8) is 0 Å². The summed E-state index contributed by atoms with van der Waals surface area (Å²) in [4.78, 5) is 24.4. The van der Waals surface area contributed by atoms with E-state index in [0.717, 1.165) is 27.8 Å². The molecule has 0 unspecified atom stereocenters. The van der Waals surface area contributed by atoms with Crippen molar-refractivity contribution in [1.82, 2.24) is 0 Å². The maximum Gasteiger partial charge on any atom is 0.315 e. The second-order valence-electron chi connectivity index (χ2n) is 8.01. The van der Waals surface area contributed by atoms with Gasteiger partial charge in [0.15, 0.2) is 0 Å². The molecule has 0 fully saturated rings. The van der Waals surface area contributed by atoms with Gasteiger partial charge >= 0.3 is 11.9 Å². The minimum absolute atomic E-state index is 0.0642. The van der Waals surface area contributed by atoms with Crippen LogP contribution >= 0.6 is 0 Å². The normalized spacial score (nSPS) is 14.4. The highest BCUT2D eigenvalue weighted by Gasteiger charge is 2.33. The second kappa shape index (κ2) is 8.74. The molecule has 0 radical (unpaired) electrons. The van der Waals surface area contributed by atoms with Crippen molar-refractivity contribution < 1.29 is 19.4 Å². The molecule has 0 saturated carbocycles. The molecule has 4 rings (SSSR count). The SMILES string of the molecule is Cc1ccc([C@H](C(=O)OCC2c3ccccc3-c3ccccc32)[C@H](N)CC(=O)O)cc1. The van der Waals surface area contributed by atoms with Gasteiger partial charge in [-0.25, -0.2) is 0 Å². The number of ether oxygens (including phenoxy) is 1. The molecule has 0 amide bonds. The summed E-state index contributed by atoms with van der Waals surface area (Å²) in [6.07, 6.45) is -0.317. The van der Waals surface area contributed by atoms with Gasteiger partial charge in [-0.2, -0.15) is 0 Å². The van der Waals surface area contributed by atoms with Gasteiger partial charge in [-0.1, -0.05) is 78.4 Å². The molecule has 1 aliphatic rings. The number of benzene rings is 3. The summed E-state index contributed by atoms with van der Waals surface area (Å²) in [5.41, 5.74) is 12.4. The number of fused-ring (bicyclic) bond motifs is 3. The van der Waals surface area contributed by atoms with Crippen molar-refractivity contribution in [3.05, 3.63) is 95.1 Å². The molecule has 0 saturated heterocycles. The number of hydrogen-bond donors (Lipinski definition) is 2. The van der Waals surface area contributed by atoms with Crippen molar-refractivity contribution in [3.8, 4) is 11.1 Å². The Labute approximate surface area is 181 Å². The molecule has 3 aromatic carbocycles. The van der Waals surface area contributed by atoms with Crippen LogP contribution in [0.5, 0.6) is 0 Å². The second-order valence-corrected chi connectivity index (χ2v) is 8.01. The average Bonchev–Trinajstić information content (AvgIpc) is 3.07. The lowest BCUT2D eigenvalue weighted by atomic mass is 9.89. The highest BCUT2D eigenvalue weighted by molar-refractivity contribution is 5.82. The molecule has 0 heterocycles. The summed E-state index contributed by atoms with van der Waals surface area (Å²) in [7, 11) is 0. The first-order chi connectivity index (χ1) is 15.0. The zero-order valence-electron chi connectivity index (χ0n) is 17.3. The lowest BCUT2D eigenvalue weighted by Crippen LogP contribution is -2.37. The number of carbonyl (C=O) groups excluding carboxylic acids is 1. The van der Waals surface area contributed by atoms with Gasteiger partial charge in [0, 0.05) is 12.0 Å². The van der Waals surface area contributed by atoms with E-state index in [9.17, 15) is 14.7 Å². The lowest BCUT2D eigenvalue weighted by Gasteiger charge is -2.23. The number of hydrogen-bond acceptors (Lipinski definition) is 4. The summed E-state index contributed by atoms with van der Waals surface area (Å²) in [5.74, 6) is -2.45. The molecule has 0 bridgehead atoms. The Bertz CT molecular complexity index is 1060. The maximum atomic E-state index is 13.1. The number of esters is 1. The van der Waals surface area contributed by atoms with Crippen LogP contribution in [0.3, 0.4) is 0 Å². The van der Waals surface area contributed by atoms with Crippen LogP contribution in [0, 0.1) is 6.92 Å². The molecule has 5 nitrogen and oxygen atoms in total. The molecular formula is C26H25NO4. The van der Waals surface area contributed by atoms with Crippen LogP contribution < -0.4 is 5.73 Å². The smallest absolute Gasteiger partial charge is 0.315 e. The Kier molecular flexibility index (Phi) is 5.87. The Morgan fingerprint density at radius 2 is 1.48 bits per heavy atom. The lowest BCUT2D eigenvalue weighted by molar-refractivity contribution is -0.146. The fraction of sp³-hybridized carbons (Fsp3) is 0.231. The van der Waals surface area contributed by atoms with Crippen molar-refractivity contribution in [2.45, 2.75) is 31.2 Å². The predicted octanol–water partition coefficient (Wildman–Crippen LogP) is 4.24. The number of carbonyl (C=O) groups is 2. The van der Waals surface area contributed by atoms with Crippen LogP contribution in [-0.2, 0) is 14.3 Å². The molecular weight excluding hydrogens is 390 g/mol. The number of nitrogens with two attached hydrogens (primary N) is 1. The van der Waals surface area contributed by atoms with Gasteiger partial charge < -0.3 is 15.6 Å². The van der Waals surface area contributed by atoms with Crippen molar-refractivity contribution in [2.75, 3.05) is 6.61 Å². The van der Waals surface area contributed by atoms with Crippen molar-refractivity contribution >= 4 is 11.9 Å². The summed E-state index contributed by atoms with van der Waals surface area (Å²) in [6.45, 7) is 2.12. The average molecular weight is 415 g/mol. The van der Waals surface area contributed by atoms with Crippen LogP contribution in [0.2, 0.25) is 0 Å². The molecule has 0 spiro atoms. The van der Waals surface area contributed by atoms with Gasteiger partial charge in [0.05, 0.1) is 12.3 Å². The quantitative estimate of drug-likeness (QED) is 0.564. The summed E-state index contributed by atoms with van der Waals surface area (Å²) in [5, 5.41) is 9.19. The van der Waals surface area contributed by atoms with E-state index < -0.39 is 23.9 Å². The van der Waals surface area contributed by atoms with Gasteiger partial charge in [-0.3, -0.25) is 9.59 Å². The Morgan fingerprint density at radius 3 is 2.03 bits per heavy atom. The monoisotopic (exact) mass is 415 g/mol. The standard InChI is InChI=1S/C26H25NO4/c1-16-10-12-17(13-11-16)25(23(27)14-24(28)29)26(30)31-15-22-20-8-4-2-6-18(20)19-7-3-5-9-21(19)22/h2-13,22-23,25H,14-15,27H2,1H3,(H,28,29)/t23-,25+/m1/s1. The maximum absolute atomic E-state index is 13.1. The van der Waals surface area contributed by atoms with E-state index in [0.29, 0.717) is 5.56 Å². The minimum atomic E-state index is -1.05. The molecule has 158 valence electrons. The van der Waals surface area contributed by atoms with E-state index in [4.69, 9.17) is 10.5 Å². The van der Waals surface area contributed by atoms with E-state index in [1.54, 1.807) is 0 Å². The fourth-order valence-corrected chi connectivity index (χ4v) is 4.35. The Balaban J connectivity index is 1.58. The first kappa shape index (κ1) is 20.8. The number of aryl methyl sites for hydroxylation is 1. The number of aliphatic carboxylic acids is 1. The zero-order valence-corrected chi connectivity index (χ0v) is 17.3. The third-order valence-electron chi connectivity index (χ3n) is 5.88. The highest BCUT2D eigenvalue weighted by atomic mass is 16.5. The van der Waals surface area contributed by atoms with E-state index >= 15 is 0 Å². The topological polar surface area (TPSA) is 89.6 Å². The summed E-state index contributed by atoms with van der Waals surface area (Å²) in [6, 6.07) is 22.7. The zero-order chi connectivity index (χ0) is 22.0. The fourth-order valence-electron chi connectivity index (χ4n) is 4.35. The van der Waals surface area contributed by atoms with Gasteiger partial charge in [0.1, 0.15) is 6.61 Å². The first-order valence-corrected chi connectivity index (χ1v) is 10.3. The molecule has 3 aromatic rings. The number of rotatable bonds is 7. The summed E-state index contributed by atoms with van der Waals surface area (Å²) >= 11 is 0. The molecule has 2 atom stereocenters. The van der Waals surface area contributed by atoms with E-state index in [1.807, 2.05) is 55.5 Å². The van der Waals surface area contributed by atoms with Crippen LogP contribution in [0.25, 0.3) is 11.1 Å². The van der Waals surface area contributed by atoms with Crippen LogP contribution in [-0.4, -0.2) is 29.7 Å². The van der Waals surface area contributed by atoms with Crippen LogP contribution in [0.4, 0.5) is 0 Å². The molecule has 0 aromatic heterocycles. The molecule has 1 aliphatic carbocycles. The van der Waals surface area contributed by atoms with Gasteiger partial charge in [-0.15, -0.1) is 0 Å². The third kappa shape index (κ3) is 4.23. The highest BCUT2D eigenvalue weighted by Crippen LogP contribution is 2.44. The Hall–Kier alpha value is -3.44. The van der Waals surface area contributed by atoms with Gasteiger partial charge in [0.2, 0.25) is 0 Å². The summed E-state index contributed by atoms with van der Waals surface area (Å²) < 4.78 is 5.78. The van der Waals surface area contributed by atoms with Crippen molar-refractivity contribution in [2.24, 2.45) is 5.73 Å². The van der Waals surface area contributed by atoms with E-state index in [1.165, 1.54) is 0 Å². The largest absolute Gasteiger partial charge is 0.481 e. The van der Waals surface area contributed by atoms with E-state index in [-0.39, 0.29) is 18.9 Å². The van der Waals surface area contributed by atoms with Crippen LogP contribution in [0.15, 0.2) is 72.8 Å². The molecule has 31 heavy (non-hydrogen) atoms. The predicted molar refractivity (Wildman–Crippen MR) is 119 cm³/mol. The molecule has 5 heteroatoms. The van der Waals surface area contributed by atoms with Crippen molar-refractivity contribution in [1.29, 1.82) is 0 Å². The third-order valence-corrected chi connectivity index (χ3v) is 5.88. The van der Waals surface area contributed by atoms with E-state index in [2.05, 4.69) is 24.3 Å². The van der Waals surface area contributed by atoms with Crippen LogP contribution in [0.1, 0.15) is 40.5 Å². The number of carboxylic acid groups (broad SMARTS) is 1. The molecule has 0 aliphatic heterocycles. The first-order valence-electron chi connectivity index (χ1n) is 10.3. The number of carboxylic acids is 1. The molecule has 3 N–H and O–H groups in total.